The van der Waals surface area contributed by atoms with Gasteiger partial charge in [0.15, 0.2) is 0 Å². The monoisotopic (exact) mass is 344 g/mol. The van der Waals surface area contributed by atoms with Gasteiger partial charge in [0.05, 0.1) is 0 Å². The van der Waals surface area contributed by atoms with E-state index in [1.807, 2.05) is 13.8 Å². The first-order chi connectivity index (χ1) is 11.8. The maximum Gasteiger partial charge on any atom is 0.247 e. The summed E-state index contributed by atoms with van der Waals surface area (Å²) in [5.41, 5.74) is 2.00. The quantitative estimate of drug-likeness (QED) is 0.850. The zero-order chi connectivity index (χ0) is 18.4. The Bertz CT molecular complexity index is 741. The number of halogens is 1. The van der Waals surface area contributed by atoms with E-state index in [9.17, 15) is 14.0 Å². The number of likely N-dealkylation sites (tertiary alicyclic amines) is 1. The van der Waals surface area contributed by atoms with Gasteiger partial charge in [-0.25, -0.2) is 4.39 Å². The fourth-order valence-corrected chi connectivity index (χ4v) is 4.51. The summed E-state index contributed by atoms with van der Waals surface area (Å²) in [5, 5.41) is 2.95. The molecule has 1 saturated heterocycles. The molecule has 0 saturated carbocycles. The van der Waals surface area contributed by atoms with Gasteiger partial charge in [-0.15, -0.1) is 0 Å². The highest BCUT2D eigenvalue weighted by Gasteiger charge is 2.40. The van der Waals surface area contributed by atoms with Crippen molar-refractivity contribution < 1.29 is 14.0 Å². The van der Waals surface area contributed by atoms with Crippen LogP contribution < -0.4 is 5.32 Å². The lowest BCUT2D eigenvalue weighted by Gasteiger charge is -2.24. The zero-order valence-corrected chi connectivity index (χ0v) is 15.1. The van der Waals surface area contributed by atoms with Crippen LogP contribution in [-0.4, -0.2) is 29.3 Å². The second kappa shape index (κ2) is 6.28. The van der Waals surface area contributed by atoms with Crippen molar-refractivity contribution in [1.29, 1.82) is 0 Å². The van der Waals surface area contributed by atoms with E-state index in [2.05, 4.69) is 18.8 Å². The van der Waals surface area contributed by atoms with Crippen LogP contribution in [0.5, 0.6) is 0 Å². The molecule has 1 aliphatic heterocycles. The molecule has 134 valence electrons. The largest absolute Gasteiger partial charge is 0.327 e. The summed E-state index contributed by atoms with van der Waals surface area (Å²) >= 11 is 0. The Morgan fingerprint density at radius 2 is 2.12 bits per heavy atom. The first kappa shape index (κ1) is 17.6. The van der Waals surface area contributed by atoms with E-state index < -0.39 is 6.04 Å². The summed E-state index contributed by atoms with van der Waals surface area (Å²) in [4.78, 5) is 26.2. The van der Waals surface area contributed by atoms with E-state index in [4.69, 9.17) is 0 Å². The van der Waals surface area contributed by atoms with Crippen molar-refractivity contribution in [3.8, 4) is 0 Å². The van der Waals surface area contributed by atoms with Gasteiger partial charge in [0.1, 0.15) is 11.9 Å². The number of amides is 2. The number of anilines is 1. The van der Waals surface area contributed by atoms with E-state index in [1.165, 1.54) is 12.1 Å². The summed E-state index contributed by atoms with van der Waals surface area (Å²) in [7, 11) is 0. The van der Waals surface area contributed by atoms with Gasteiger partial charge in [0, 0.05) is 12.2 Å². The predicted octanol–water partition coefficient (Wildman–Crippen LogP) is 3.73. The lowest BCUT2D eigenvalue weighted by Crippen LogP contribution is -2.42. The molecule has 5 heteroatoms. The minimum Gasteiger partial charge on any atom is -0.327 e. The lowest BCUT2D eigenvalue weighted by atomic mass is 9.85. The maximum atomic E-state index is 14.4. The average molecular weight is 344 g/mol. The molecular weight excluding hydrogens is 319 g/mol. The van der Waals surface area contributed by atoms with Gasteiger partial charge >= 0.3 is 0 Å². The molecule has 1 heterocycles. The molecule has 3 rings (SSSR count). The van der Waals surface area contributed by atoms with Crippen molar-refractivity contribution in [2.45, 2.75) is 57.4 Å². The van der Waals surface area contributed by atoms with Crippen LogP contribution in [0, 0.1) is 5.82 Å². The third-order valence-electron chi connectivity index (χ3n) is 5.45. The third kappa shape index (κ3) is 2.96. The van der Waals surface area contributed by atoms with E-state index >= 15 is 0 Å². The summed E-state index contributed by atoms with van der Waals surface area (Å²) in [5.74, 6) is -0.480. The number of carbonyl (C=O) groups is 2. The summed E-state index contributed by atoms with van der Waals surface area (Å²) < 4.78 is 14.4. The molecule has 4 nitrogen and oxygen atoms in total. The third-order valence-corrected chi connectivity index (χ3v) is 5.45. The number of nitrogens with zero attached hydrogens (tertiary/aromatic N) is 1. The molecule has 1 N–H and O–H groups in total. The Morgan fingerprint density at radius 1 is 1.40 bits per heavy atom. The SMILES string of the molecule is C=CC(=O)N1CCCC1C(=O)Nc1ccc(F)c2c1C(C)CC2(C)C. The van der Waals surface area contributed by atoms with Crippen LogP contribution in [-0.2, 0) is 15.0 Å². The van der Waals surface area contributed by atoms with Gasteiger partial charge in [-0.05, 0) is 59.9 Å². The number of benzene rings is 1. The normalized spacial score (nSPS) is 24.1. The molecule has 2 aliphatic rings. The molecule has 2 atom stereocenters. The molecule has 0 radical (unpaired) electrons. The number of fused-ring (bicyclic) bond motifs is 1. The topological polar surface area (TPSA) is 49.4 Å². The molecule has 0 bridgehead atoms. The smallest absolute Gasteiger partial charge is 0.247 e. The highest BCUT2D eigenvalue weighted by molar-refractivity contribution is 6.00. The van der Waals surface area contributed by atoms with Crippen LogP contribution in [0.25, 0.3) is 0 Å². The van der Waals surface area contributed by atoms with Crippen LogP contribution >= 0.6 is 0 Å². The lowest BCUT2D eigenvalue weighted by molar-refractivity contribution is -0.132. The minimum absolute atomic E-state index is 0.172. The number of carbonyl (C=O) groups excluding carboxylic acids is 2. The summed E-state index contributed by atoms with van der Waals surface area (Å²) in [6.45, 7) is 10.2. The second-order valence-electron chi connectivity index (χ2n) is 7.76. The van der Waals surface area contributed by atoms with Crippen LogP contribution in [0.3, 0.4) is 0 Å². The molecule has 1 aliphatic carbocycles. The van der Waals surface area contributed by atoms with Crippen LogP contribution in [0.2, 0.25) is 0 Å². The molecule has 1 aromatic rings. The second-order valence-corrected chi connectivity index (χ2v) is 7.76. The summed E-state index contributed by atoms with van der Waals surface area (Å²) in [6.07, 6.45) is 3.51. The fraction of sp³-hybridized carbons (Fsp3) is 0.500. The molecule has 1 aromatic carbocycles. The fourth-order valence-electron chi connectivity index (χ4n) is 4.51. The number of rotatable bonds is 3. The van der Waals surface area contributed by atoms with Crippen LogP contribution in [0.15, 0.2) is 24.8 Å². The number of nitrogens with one attached hydrogen (secondary N) is 1. The molecule has 2 unspecified atom stereocenters. The Hall–Kier alpha value is -2.17. The first-order valence-corrected chi connectivity index (χ1v) is 8.83. The van der Waals surface area contributed by atoms with Crippen molar-refractivity contribution in [3.05, 3.63) is 41.7 Å². The van der Waals surface area contributed by atoms with E-state index in [0.717, 1.165) is 18.4 Å². The molecule has 25 heavy (non-hydrogen) atoms. The number of hydrogen-bond acceptors (Lipinski definition) is 2. The zero-order valence-electron chi connectivity index (χ0n) is 15.1. The Kier molecular flexibility index (Phi) is 4.43. The minimum atomic E-state index is -0.490. The van der Waals surface area contributed by atoms with Crippen molar-refractivity contribution >= 4 is 17.5 Å². The van der Waals surface area contributed by atoms with Crippen LogP contribution in [0.1, 0.15) is 57.1 Å². The van der Waals surface area contributed by atoms with Gasteiger partial charge < -0.3 is 10.2 Å². The average Bonchev–Trinajstić information content (AvgIpc) is 3.12. The van der Waals surface area contributed by atoms with E-state index in [-0.39, 0.29) is 29.0 Å². The highest BCUT2D eigenvalue weighted by Crippen LogP contribution is 2.49. The molecule has 0 aromatic heterocycles. The van der Waals surface area contributed by atoms with Crippen molar-refractivity contribution in [2.24, 2.45) is 0 Å². The van der Waals surface area contributed by atoms with E-state index in [1.54, 1.807) is 11.0 Å². The van der Waals surface area contributed by atoms with Gasteiger partial charge in [-0.2, -0.15) is 0 Å². The van der Waals surface area contributed by atoms with Gasteiger partial charge in [-0.1, -0.05) is 27.4 Å². The van der Waals surface area contributed by atoms with Crippen molar-refractivity contribution in [1.82, 2.24) is 4.90 Å². The molecule has 2 amide bonds. The molecule has 1 fully saturated rings. The summed E-state index contributed by atoms with van der Waals surface area (Å²) in [6, 6.07) is 2.57. The number of hydrogen-bond donors (Lipinski definition) is 1. The Balaban J connectivity index is 1.90. The van der Waals surface area contributed by atoms with Crippen molar-refractivity contribution in [3.63, 3.8) is 0 Å². The van der Waals surface area contributed by atoms with Crippen molar-refractivity contribution in [2.75, 3.05) is 11.9 Å². The highest BCUT2D eigenvalue weighted by atomic mass is 19.1. The van der Waals surface area contributed by atoms with E-state index in [0.29, 0.717) is 24.2 Å². The van der Waals surface area contributed by atoms with Gasteiger partial charge in [0.25, 0.3) is 0 Å². The molecule has 0 spiro atoms. The predicted molar refractivity (Wildman–Crippen MR) is 96.0 cm³/mol. The van der Waals surface area contributed by atoms with Crippen LogP contribution in [0.4, 0.5) is 10.1 Å². The Morgan fingerprint density at radius 3 is 2.80 bits per heavy atom. The van der Waals surface area contributed by atoms with Gasteiger partial charge in [-0.3, -0.25) is 9.59 Å². The van der Waals surface area contributed by atoms with Gasteiger partial charge in [0.2, 0.25) is 11.8 Å². The molecular formula is C20H25FN2O2. The standard InChI is InChI=1S/C20H25FN2O2/c1-5-16(24)23-10-6-7-15(23)19(25)22-14-9-8-13(21)18-17(14)12(2)11-20(18,3)4/h5,8-9,12,15H,1,6-7,10-11H2,2-4H3,(H,22,25). The maximum absolute atomic E-state index is 14.4. The first-order valence-electron chi connectivity index (χ1n) is 8.83. The Labute approximate surface area is 148 Å².